The average Bonchev–Trinajstić information content (AvgIpc) is 2.76. The summed E-state index contributed by atoms with van der Waals surface area (Å²) in [7, 11) is 0. The van der Waals surface area contributed by atoms with Gasteiger partial charge in [-0.2, -0.15) is 0 Å². The van der Waals surface area contributed by atoms with Crippen LogP contribution < -0.4 is 20.9 Å². The quantitative estimate of drug-likeness (QED) is 0.424. The highest BCUT2D eigenvalue weighted by atomic mass is 16.5. The van der Waals surface area contributed by atoms with Gasteiger partial charge in [0.2, 0.25) is 0 Å². The third-order valence-corrected chi connectivity index (χ3v) is 4.14. The van der Waals surface area contributed by atoms with Crippen LogP contribution in [0.1, 0.15) is 53.3 Å². The van der Waals surface area contributed by atoms with Crippen molar-refractivity contribution in [2.24, 2.45) is 0 Å². The Morgan fingerprint density at radius 1 is 0.793 bits per heavy atom. The molecule has 2 aromatic rings. The van der Waals surface area contributed by atoms with Crippen molar-refractivity contribution in [3.8, 4) is 5.75 Å². The molecular formula is C22H27N3O4. The van der Waals surface area contributed by atoms with Crippen LogP contribution in [-0.2, 0) is 4.79 Å². The number of unbranched alkanes of at least 4 members (excludes halogenated alkanes) is 3. The van der Waals surface area contributed by atoms with E-state index in [1.54, 1.807) is 54.6 Å². The lowest BCUT2D eigenvalue weighted by Gasteiger charge is -2.09. The van der Waals surface area contributed by atoms with Crippen LogP contribution in [0.25, 0.3) is 0 Å². The van der Waals surface area contributed by atoms with Crippen LogP contribution in [0.4, 0.5) is 0 Å². The predicted octanol–water partition coefficient (Wildman–Crippen LogP) is 2.84. The third kappa shape index (κ3) is 8.04. The van der Waals surface area contributed by atoms with Crippen LogP contribution in [0.3, 0.4) is 0 Å². The summed E-state index contributed by atoms with van der Waals surface area (Å²) in [6, 6.07) is 15.2. The van der Waals surface area contributed by atoms with E-state index >= 15 is 0 Å². The predicted molar refractivity (Wildman–Crippen MR) is 110 cm³/mol. The van der Waals surface area contributed by atoms with Crippen molar-refractivity contribution in [2.45, 2.75) is 32.6 Å². The Morgan fingerprint density at radius 3 is 2.17 bits per heavy atom. The molecule has 0 radical (unpaired) electrons. The highest BCUT2D eigenvalue weighted by molar-refractivity contribution is 5.98. The van der Waals surface area contributed by atoms with Crippen LogP contribution in [0.15, 0.2) is 54.6 Å². The molecule has 2 rings (SSSR count). The first-order chi connectivity index (χ1) is 14.1. The zero-order chi connectivity index (χ0) is 20.9. The maximum atomic E-state index is 12.1. The summed E-state index contributed by atoms with van der Waals surface area (Å²) in [5.41, 5.74) is 5.43. The smallest absolute Gasteiger partial charge is 0.269 e. The molecule has 2 aromatic carbocycles. The minimum atomic E-state index is -0.533. The lowest BCUT2D eigenvalue weighted by Crippen LogP contribution is -2.46. The first-order valence-corrected chi connectivity index (χ1v) is 9.75. The van der Waals surface area contributed by atoms with Crippen molar-refractivity contribution in [1.82, 2.24) is 16.2 Å². The summed E-state index contributed by atoms with van der Waals surface area (Å²) in [4.78, 5) is 35.8. The van der Waals surface area contributed by atoms with Gasteiger partial charge in [-0.3, -0.25) is 25.2 Å². The fourth-order valence-corrected chi connectivity index (χ4v) is 2.52. The molecule has 0 aliphatic rings. The number of hydrogen-bond acceptors (Lipinski definition) is 4. The molecule has 0 saturated carbocycles. The van der Waals surface area contributed by atoms with E-state index in [1.165, 1.54) is 12.8 Å². The molecule has 3 N–H and O–H groups in total. The fourth-order valence-electron chi connectivity index (χ4n) is 2.52. The van der Waals surface area contributed by atoms with Crippen molar-refractivity contribution in [1.29, 1.82) is 0 Å². The van der Waals surface area contributed by atoms with Crippen molar-refractivity contribution >= 4 is 17.7 Å². The first-order valence-electron chi connectivity index (χ1n) is 9.75. The third-order valence-electron chi connectivity index (χ3n) is 4.14. The highest BCUT2D eigenvalue weighted by Crippen LogP contribution is 2.13. The monoisotopic (exact) mass is 397 g/mol. The van der Waals surface area contributed by atoms with Gasteiger partial charge < -0.3 is 10.1 Å². The number of carbonyl (C=O) groups excluding carboxylic acids is 3. The first kappa shape index (κ1) is 21.9. The summed E-state index contributed by atoms with van der Waals surface area (Å²) in [6.45, 7) is 2.56. The van der Waals surface area contributed by atoms with Gasteiger partial charge in [-0.1, -0.05) is 44.4 Å². The molecule has 0 heterocycles. The van der Waals surface area contributed by atoms with Gasteiger partial charge in [-0.15, -0.1) is 0 Å². The molecule has 0 aliphatic heterocycles. The van der Waals surface area contributed by atoms with E-state index in [-0.39, 0.29) is 12.5 Å². The van der Waals surface area contributed by atoms with Crippen molar-refractivity contribution in [3.63, 3.8) is 0 Å². The number of ether oxygens (including phenoxy) is 1. The minimum absolute atomic E-state index is 0.251. The molecule has 0 unspecified atom stereocenters. The topological polar surface area (TPSA) is 96.5 Å². The maximum absolute atomic E-state index is 12.1. The number of hydrazine groups is 1. The van der Waals surface area contributed by atoms with E-state index in [4.69, 9.17) is 4.74 Å². The van der Waals surface area contributed by atoms with Crippen molar-refractivity contribution < 1.29 is 19.1 Å². The van der Waals surface area contributed by atoms with Gasteiger partial charge in [0.15, 0.2) is 0 Å². The summed E-state index contributed by atoms with van der Waals surface area (Å²) in [5.74, 6) is -0.653. The molecule has 0 aliphatic carbocycles. The second-order valence-electron chi connectivity index (χ2n) is 6.48. The lowest BCUT2D eigenvalue weighted by atomic mass is 10.2. The van der Waals surface area contributed by atoms with Crippen LogP contribution in [0.5, 0.6) is 5.75 Å². The second kappa shape index (κ2) is 12.2. The van der Waals surface area contributed by atoms with Gasteiger partial charge in [0, 0.05) is 11.1 Å². The summed E-state index contributed by atoms with van der Waals surface area (Å²) in [6.07, 6.45) is 4.52. The molecule has 154 valence electrons. The number of carbonyl (C=O) groups is 3. The van der Waals surface area contributed by atoms with E-state index in [0.29, 0.717) is 23.5 Å². The Morgan fingerprint density at radius 2 is 1.48 bits per heavy atom. The minimum Gasteiger partial charge on any atom is -0.494 e. The van der Waals surface area contributed by atoms with Gasteiger partial charge in [-0.05, 0) is 42.8 Å². The normalized spacial score (nSPS) is 10.1. The molecule has 0 atom stereocenters. The zero-order valence-electron chi connectivity index (χ0n) is 16.6. The Balaban J connectivity index is 1.68. The standard InChI is InChI=1S/C22H27N3O4/c1-2-3-4-8-15-29-19-13-11-18(12-14-19)22(28)25-24-20(26)16-23-21(27)17-9-6-5-7-10-17/h5-7,9-14H,2-4,8,15-16H2,1H3,(H,23,27)(H,24,26)(H,25,28). The summed E-state index contributed by atoms with van der Waals surface area (Å²) >= 11 is 0. The largest absolute Gasteiger partial charge is 0.494 e. The van der Waals surface area contributed by atoms with E-state index in [0.717, 1.165) is 12.8 Å². The van der Waals surface area contributed by atoms with E-state index in [9.17, 15) is 14.4 Å². The number of nitrogens with one attached hydrogen (secondary N) is 3. The van der Waals surface area contributed by atoms with Crippen molar-refractivity contribution in [3.05, 3.63) is 65.7 Å². The van der Waals surface area contributed by atoms with Gasteiger partial charge >= 0.3 is 0 Å². The van der Waals surface area contributed by atoms with E-state index in [2.05, 4.69) is 23.1 Å². The highest BCUT2D eigenvalue weighted by Gasteiger charge is 2.10. The fraction of sp³-hybridized carbons (Fsp3) is 0.318. The summed E-state index contributed by atoms with van der Waals surface area (Å²) < 4.78 is 5.63. The Kier molecular flexibility index (Phi) is 9.21. The van der Waals surface area contributed by atoms with Crippen molar-refractivity contribution in [2.75, 3.05) is 13.2 Å². The van der Waals surface area contributed by atoms with Crippen LogP contribution >= 0.6 is 0 Å². The second-order valence-corrected chi connectivity index (χ2v) is 6.48. The maximum Gasteiger partial charge on any atom is 0.269 e. The molecule has 3 amide bonds. The van der Waals surface area contributed by atoms with Gasteiger partial charge in [0.05, 0.1) is 13.2 Å². The molecule has 0 bridgehead atoms. The molecular weight excluding hydrogens is 370 g/mol. The van der Waals surface area contributed by atoms with Crippen LogP contribution in [0, 0.1) is 0 Å². The number of amides is 3. The molecule has 0 spiro atoms. The molecule has 0 aromatic heterocycles. The summed E-state index contributed by atoms with van der Waals surface area (Å²) in [5, 5.41) is 2.48. The zero-order valence-corrected chi connectivity index (χ0v) is 16.6. The molecule has 7 nitrogen and oxygen atoms in total. The van der Waals surface area contributed by atoms with Gasteiger partial charge in [0.1, 0.15) is 5.75 Å². The van der Waals surface area contributed by atoms with E-state index < -0.39 is 11.8 Å². The van der Waals surface area contributed by atoms with Gasteiger partial charge in [-0.25, -0.2) is 0 Å². The van der Waals surface area contributed by atoms with Gasteiger partial charge in [0.25, 0.3) is 17.7 Å². The van der Waals surface area contributed by atoms with Crippen LogP contribution in [0.2, 0.25) is 0 Å². The Labute approximate surface area is 170 Å². The molecule has 29 heavy (non-hydrogen) atoms. The Hall–Kier alpha value is -3.35. The SMILES string of the molecule is CCCCCCOc1ccc(C(=O)NNC(=O)CNC(=O)c2ccccc2)cc1. The average molecular weight is 397 g/mol. The number of rotatable bonds is 10. The lowest BCUT2D eigenvalue weighted by molar-refractivity contribution is -0.120. The number of benzene rings is 2. The molecule has 7 heteroatoms. The Bertz CT molecular complexity index is 791. The number of hydrogen-bond donors (Lipinski definition) is 3. The van der Waals surface area contributed by atoms with E-state index in [1.807, 2.05) is 0 Å². The van der Waals surface area contributed by atoms with Crippen LogP contribution in [-0.4, -0.2) is 30.9 Å². The molecule has 0 fully saturated rings. The molecule has 0 saturated heterocycles.